The maximum absolute atomic E-state index is 13.1. The van der Waals surface area contributed by atoms with E-state index in [2.05, 4.69) is 41.5 Å². The van der Waals surface area contributed by atoms with Gasteiger partial charge in [0.2, 0.25) is 0 Å². The molecule has 17 nitrogen and oxygen atoms in total. The highest BCUT2D eigenvalue weighted by Crippen LogP contribution is 2.45. The molecule has 0 aliphatic carbocycles. The molecule has 0 fully saturated rings. The van der Waals surface area contributed by atoms with E-state index in [9.17, 15) is 43.2 Å². The van der Waals surface area contributed by atoms with Crippen molar-refractivity contribution in [3.8, 4) is 0 Å². The van der Waals surface area contributed by atoms with Crippen molar-refractivity contribution in [2.75, 3.05) is 39.6 Å². The van der Waals surface area contributed by atoms with E-state index in [4.69, 9.17) is 37.0 Å². The number of ether oxygens (including phenoxy) is 4. The summed E-state index contributed by atoms with van der Waals surface area (Å²) < 4.78 is 68.8. The Labute approximate surface area is 632 Å². The topological polar surface area (TPSA) is 237 Å². The minimum Gasteiger partial charge on any atom is -0.462 e. The van der Waals surface area contributed by atoms with Crippen LogP contribution in [0.4, 0.5) is 0 Å². The van der Waals surface area contributed by atoms with Crippen LogP contribution in [0.15, 0.2) is 0 Å². The molecule has 0 bridgehead atoms. The molecule has 0 radical (unpaired) electrons. The van der Waals surface area contributed by atoms with Crippen molar-refractivity contribution in [1.82, 2.24) is 0 Å². The molecule has 19 heteroatoms. The standard InChI is InChI=1S/C84H164O17P2/c1-7-10-12-14-16-18-20-21-22-23-24-25-26-27-32-38-44-50-56-62-68-83(88)101-80(73-95-82(87)67-61-55-49-43-37-31-29-28-30-36-41-47-53-59-65-77(6)9-3)75-99-103(92,93)97-71-78(85)70-96-102(90,91)98-74-79(72-94-81(86)66-60-54-48-42-19-17-15-13-11-8-2)100-84(89)69-63-57-51-45-39-34-33-35-40-46-52-58-64-76(4)5/h76-80,85H,7-75H2,1-6H3,(H,90,91)(H,92,93)/t77?,78-,79+,80+/m0/s1. The van der Waals surface area contributed by atoms with Crippen LogP contribution in [0.5, 0.6) is 0 Å². The van der Waals surface area contributed by atoms with Crippen molar-refractivity contribution in [3.63, 3.8) is 0 Å². The van der Waals surface area contributed by atoms with Crippen LogP contribution in [0, 0.1) is 11.8 Å². The molecule has 0 aromatic heterocycles. The summed E-state index contributed by atoms with van der Waals surface area (Å²) in [6.45, 7) is 9.71. The van der Waals surface area contributed by atoms with Crippen molar-refractivity contribution >= 4 is 39.5 Å². The average Bonchev–Trinajstić information content (AvgIpc) is 0.914. The van der Waals surface area contributed by atoms with Crippen molar-refractivity contribution in [2.45, 2.75) is 464 Å². The summed E-state index contributed by atoms with van der Waals surface area (Å²) in [4.78, 5) is 73.1. The lowest BCUT2D eigenvalue weighted by Crippen LogP contribution is -2.30. The van der Waals surface area contributed by atoms with Gasteiger partial charge in [0, 0.05) is 25.7 Å². The Balaban J connectivity index is 5.23. The zero-order valence-corrected chi connectivity index (χ0v) is 69.4. The molecule has 612 valence electrons. The number of esters is 4. The molecule has 3 unspecified atom stereocenters. The maximum atomic E-state index is 13.1. The first-order valence-electron chi connectivity index (χ1n) is 43.5. The Kier molecular flexibility index (Phi) is 74.1. The SMILES string of the molecule is CCCCCCCCCCCCCCCCCCCCCCC(=O)O[C@H](COC(=O)CCCCCCCCCCCCCCCCC(C)CC)COP(=O)(O)OC[C@@H](O)COP(=O)(O)OC[C@@H](COC(=O)CCCCCCCCCCCC)OC(=O)CCCCCCCCCCCCCCC(C)C. The zero-order valence-electron chi connectivity index (χ0n) is 67.6. The number of rotatable bonds is 83. The number of aliphatic hydroxyl groups is 1. The number of hydrogen-bond donors (Lipinski definition) is 3. The van der Waals surface area contributed by atoms with Crippen molar-refractivity contribution < 1.29 is 80.2 Å². The quantitative estimate of drug-likeness (QED) is 0.0222. The first-order chi connectivity index (χ1) is 49.9. The molecule has 0 saturated carbocycles. The van der Waals surface area contributed by atoms with Gasteiger partial charge in [-0.3, -0.25) is 37.3 Å². The van der Waals surface area contributed by atoms with E-state index in [1.54, 1.807) is 0 Å². The summed E-state index contributed by atoms with van der Waals surface area (Å²) in [6, 6.07) is 0. The third kappa shape index (κ3) is 76.6. The van der Waals surface area contributed by atoms with Gasteiger partial charge in [-0.05, 0) is 37.5 Å². The molecule has 0 aromatic rings. The summed E-state index contributed by atoms with van der Waals surface area (Å²) in [5.41, 5.74) is 0. The van der Waals surface area contributed by atoms with Crippen LogP contribution >= 0.6 is 15.6 Å². The molecule has 0 heterocycles. The van der Waals surface area contributed by atoms with Gasteiger partial charge in [0.15, 0.2) is 12.2 Å². The predicted molar refractivity (Wildman–Crippen MR) is 423 cm³/mol. The van der Waals surface area contributed by atoms with Gasteiger partial charge in [-0.1, -0.05) is 395 Å². The van der Waals surface area contributed by atoms with Crippen molar-refractivity contribution in [1.29, 1.82) is 0 Å². The van der Waals surface area contributed by atoms with Crippen LogP contribution in [-0.4, -0.2) is 96.7 Å². The number of unbranched alkanes of at least 4 members (excludes halogenated alkanes) is 52. The van der Waals surface area contributed by atoms with E-state index in [1.165, 1.54) is 263 Å². The normalized spacial score (nSPS) is 14.1. The minimum absolute atomic E-state index is 0.107. The Hall–Kier alpha value is -1.94. The van der Waals surface area contributed by atoms with Gasteiger partial charge >= 0.3 is 39.5 Å². The summed E-state index contributed by atoms with van der Waals surface area (Å²) in [7, 11) is -9.92. The Morgan fingerprint density at radius 3 is 0.738 bits per heavy atom. The molecule has 6 atom stereocenters. The molecular weight excluding hydrogens is 1340 g/mol. The fourth-order valence-electron chi connectivity index (χ4n) is 13.0. The predicted octanol–water partition coefficient (Wildman–Crippen LogP) is 25.5. The summed E-state index contributed by atoms with van der Waals surface area (Å²) >= 11 is 0. The van der Waals surface area contributed by atoms with Gasteiger partial charge in [-0.25, -0.2) is 9.13 Å². The molecule has 103 heavy (non-hydrogen) atoms. The van der Waals surface area contributed by atoms with Gasteiger partial charge in [0.05, 0.1) is 26.4 Å². The molecule has 0 aromatic carbocycles. The first-order valence-corrected chi connectivity index (χ1v) is 46.5. The highest BCUT2D eigenvalue weighted by Gasteiger charge is 2.30. The fraction of sp³-hybridized carbons (Fsp3) is 0.952. The van der Waals surface area contributed by atoms with E-state index in [0.29, 0.717) is 25.7 Å². The van der Waals surface area contributed by atoms with E-state index in [-0.39, 0.29) is 25.7 Å². The number of phosphoric acid groups is 2. The van der Waals surface area contributed by atoms with Crippen LogP contribution < -0.4 is 0 Å². The van der Waals surface area contributed by atoms with Gasteiger partial charge in [-0.15, -0.1) is 0 Å². The smallest absolute Gasteiger partial charge is 0.462 e. The molecule has 0 amide bonds. The number of carbonyl (C=O) groups excluding carboxylic acids is 4. The Morgan fingerprint density at radius 1 is 0.282 bits per heavy atom. The van der Waals surface area contributed by atoms with E-state index < -0.39 is 97.5 Å². The van der Waals surface area contributed by atoms with Gasteiger partial charge in [0.25, 0.3) is 0 Å². The molecular formula is C84H164O17P2. The second-order valence-corrected chi connectivity index (χ2v) is 33.8. The maximum Gasteiger partial charge on any atom is 0.472 e. The van der Waals surface area contributed by atoms with Crippen LogP contribution in [0.3, 0.4) is 0 Å². The number of hydrogen-bond acceptors (Lipinski definition) is 15. The number of aliphatic hydroxyl groups excluding tert-OH is 1. The fourth-order valence-corrected chi connectivity index (χ4v) is 14.6. The van der Waals surface area contributed by atoms with Crippen LogP contribution in [0.2, 0.25) is 0 Å². The lowest BCUT2D eigenvalue weighted by molar-refractivity contribution is -0.161. The van der Waals surface area contributed by atoms with Gasteiger partial charge in [-0.2, -0.15) is 0 Å². The molecule has 0 rings (SSSR count). The Bertz CT molecular complexity index is 1980. The molecule has 0 aliphatic rings. The monoisotopic (exact) mass is 1510 g/mol. The van der Waals surface area contributed by atoms with Crippen LogP contribution in [-0.2, 0) is 65.4 Å². The van der Waals surface area contributed by atoms with E-state index in [1.807, 2.05) is 0 Å². The lowest BCUT2D eigenvalue weighted by Gasteiger charge is -2.21. The third-order valence-corrected chi connectivity index (χ3v) is 22.0. The summed E-state index contributed by atoms with van der Waals surface area (Å²) in [5, 5.41) is 10.7. The Morgan fingerprint density at radius 2 is 0.495 bits per heavy atom. The zero-order chi connectivity index (χ0) is 75.6. The van der Waals surface area contributed by atoms with Crippen LogP contribution in [0.25, 0.3) is 0 Å². The highest BCUT2D eigenvalue weighted by molar-refractivity contribution is 7.47. The summed E-state index contributed by atoms with van der Waals surface area (Å²) in [6.07, 6.45) is 66.5. The molecule has 0 saturated heterocycles. The van der Waals surface area contributed by atoms with Gasteiger partial charge in [0.1, 0.15) is 19.3 Å². The first kappa shape index (κ1) is 101. The van der Waals surface area contributed by atoms with Gasteiger partial charge < -0.3 is 33.8 Å². The summed E-state index contributed by atoms with van der Waals surface area (Å²) in [5.74, 6) is -0.478. The second kappa shape index (κ2) is 75.5. The minimum atomic E-state index is -4.96. The highest BCUT2D eigenvalue weighted by atomic mass is 31.2. The average molecular weight is 1510 g/mol. The number of phosphoric ester groups is 2. The van der Waals surface area contributed by atoms with Crippen LogP contribution in [0.1, 0.15) is 446 Å². The lowest BCUT2D eigenvalue weighted by atomic mass is 9.99. The molecule has 3 N–H and O–H groups in total. The third-order valence-electron chi connectivity index (χ3n) is 20.1. The van der Waals surface area contributed by atoms with Crippen molar-refractivity contribution in [2.24, 2.45) is 11.8 Å². The largest absolute Gasteiger partial charge is 0.472 e. The van der Waals surface area contributed by atoms with Crippen molar-refractivity contribution in [3.05, 3.63) is 0 Å². The molecule has 0 aliphatic heterocycles. The molecule has 0 spiro atoms. The second-order valence-electron chi connectivity index (χ2n) is 30.9. The van der Waals surface area contributed by atoms with E-state index in [0.717, 1.165) is 102 Å². The number of carbonyl (C=O) groups is 4. The van der Waals surface area contributed by atoms with E-state index >= 15 is 0 Å².